The Kier molecular flexibility index (Phi) is 1.79. The summed E-state index contributed by atoms with van der Waals surface area (Å²) in [7, 11) is 0. The third-order valence-electron chi connectivity index (χ3n) is 0.985. The van der Waals surface area contributed by atoms with E-state index < -0.39 is 0 Å². The Labute approximate surface area is 52.2 Å². The zero-order valence-corrected chi connectivity index (χ0v) is 4.79. The van der Waals surface area contributed by atoms with Crippen LogP contribution in [0.25, 0.3) is 0 Å². The lowest BCUT2D eigenvalue weighted by atomic mass is 10.4. The monoisotopic (exact) mass is 129 g/mol. The van der Waals surface area contributed by atoms with Crippen LogP contribution in [0.3, 0.4) is 0 Å². The second kappa shape index (κ2) is 2.59. The molecule has 1 rings (SSSR count). The summed E-state index contributed by atoms with van der Waals surface area (Å²) in [6, 6.07) is 0. The zero-order valence-electron chi connectivity index (χ0n) is 4.79. The molecule has 1 N–H and O–H groups in total. The molecule has 0 aromatic rings. The molecule has 4 heteroatoms. The SMILES string of the molecule is O=CCNC(=O)[C@H]1CO1. The van der Waals surface area contributed by atoms with Crippen molar-refractivity contribution < 1.29 is 14.3 Å². The van der Waals surface area contributed by atoms with Gasteiger partial charge in [-0.2, -0.15) is 0 Å². The number of epoxide rings is 1. The van der Waals surface area contributed by atoms with Crippen molar-refractivity contribution in [2.75, 3.05) is 13.2 Å². The number of carbonyl (C=O) groups excluding carboxylic acids is 2. The number of hydrogen-bond acceptors (Lipinski definition) is 3. The summed E-state index contributed by atoms with van der Waals surface area (Å²) in [5, 5.41) is 2.36. The van der Waals surface area contributed by atoms with E-state index in [1.54, 1.807) is 0 Å². The van der Waals surface area contributed by atoms with Crippen LogP contribution in [0.5, 0.6) is 0 Å². The van der Waals surface area contributed by atoms with Gasteiger partial charge in [-0.1, -0.05) is 0 Å². The van der Waals surface area contributed by atoms with Crippen molar-refractivity contribution >= 4 is 12.2 Å². The lowest BCUT2D eigenvalue weighted by Crippen LogP contribution is -2.29. The molecule has 1 amide bonds. The minimum absolute atomic E-state index is 0.0820. The van der Waals surface area contributed by atoms with E-state index in [1.807, 2.05) is 0 Å². The second-order valence-corrected chi connectivity index (χ2v) is 1.73. The van der Waals surface area contributed by atoms with Gasteiger partial charge in [0.25, 0.3) is 5.91 Å². The van der Waals surface area contributed by atoms with Crippen molar-refractivity contribution in [1.29, 1.82) is 0 Å². The fourth-order valence-electron chi connectivity index (χ4n) is 0.456. The summed E-state index contributed by atoms with van der Waals surface area (Å²) in [6.45, 7) is 0.573. The fraction of sp³-hybridized carbons (Fsp3) is 0.600. The molecule has 0 aliphatic carbocycles. The summed E-state index contributed by atoms with van der Waals surface area (Å²) < 4.78 is 4.64. The lowest BCUT2D eigenvalue weighted by molar-refractivity contribution is -0.123. The smallest absolute Gasteiger partial charge is 0.251 e. The van der Waals surface area contributed by atoms with Crippen LogP contribution in [0.4, 0.5) is 0 Å². The number of carbonyl (C=O) groups is 2. The van der Waals surface area contributed by atoms with E-state index >= 15 is 0 Å². The molecule has 0 spiro atoms. The molecule has 1 aliphatic rings. The van der Waals surface area contributed by atoms with Crippen molar-refractivity contribution in [2.45, 2.75) is 6.10 Å². The zero-order chi connectivity index (χ0) is 6.69. The minimum atomic E-state index is -0.287. The van der Waals surface area contributed by atoms with E-state index in [-0.39, 0.29) is 18.6 Å². The van der Waals surface area contributed by atoms with E-state index in [0.717, 1.165) is 0 Å². The summed E-state index contributed by atoms with van der Waals surface area (Å²) in [5.74, 6) is -0.192. The van der Waals surface area contributed by atoms with Gasteiger partial charge in [0.2, 0.25) is 0 Å². The normalized spacial score (nSPS) is 22.9. The van der Waals surface area contributed by atoms with Gasteiger partial charge in [-0.3, -0.25) is 4.79 Å². The van der Waals surface area contributed by atoms with Gasteiger partial charge in [0, 0.05) is 0 Å². The van der Waals surface area contributed by atoms with Crippen molar-refractivity contribution in [3.63, 3.8) is 0 Å². The number of hydrogen-bond donors (Lipinski definition) is 1. The first kappa shape index (κ1) is 6.22. The Morgan fingerprint density at radius 3 is 3.00 bits per heavy atom. The first-order chi connectivity index (χ1) is 4.34. The molecule has 50 valence electrons. The van der Waals surface area contributed by atoms with Gasteiger partial charge in [0.15, 0.2) is 6.10 Å². The number of nitrogens with one attached hydrogen (secondary N) is 1. The molecule has 1 fully saturated rings. The first-order valence-corrected chi connectivity index (χ1v) is 2.67. The highest BCUT2D eigenvalue weighted by Crippen LogP contribution is 2.07. The highest BCUT2D eigenvalue weighted by molar-refractivity contribution is 5.84. The number of aldehydes is 1. The third-order valence-corrected chi connectivity index (χ3v) is 0.985. The molecular weight excluding hydrogens is 122 g/mol. The van der Waals surface area contributed by atoms with Crippen LogP contribution in [0.15, 0.2) is 0 Å². The van der Waals surface area contributed by atoms with Crippen LogP contribution in [0, 0.1) is 0 Å². The molecule has 1 atom stereocenters. The topological polar surface area (TPSA) is 58.7 Å². The quantitative estimate of drug-likeness (QED) is 0.380. The maximum Gasteiger partial charge on any atom is 0.251 e. The largest absolute Gasteiger partial charge is 0.363 e. The predicted molar refractivity (Wildman–Crippen MR) is 28.8 cm³/mol. The summed E-state index contributed by atoms with van der Waals surface area (Å²) in [4.78, 5) is 20.3. The van der Waals surface area contributed by atoms with Crippen molar-refractivity contribution in [1.82, 2.24) is 5.32 Å². The van der Waals surface area contributed by atoms with E-state index in [2.05, 4.69) is 10.1 Å². The van der Waals surface area contributed by atoms with Gasteiger partial charge in [0.05, 0.1) is 13.2 Å². The van der Waals surface area contributed by atoms with Crippen LogP contribution in [0.2, 0.25) is 0 Å². The predicted octanol–water partition coefficient (Wildman–Crippen LogP) is -1.30. The van der Waals surface area contributed by atoms with Crippen molar-refractivity contribution in [3.8, 4) is 0 Å². The van der Waals surface area contributed by atoms with E-state index in [0.29, 0.717) is 12.9 Å². The Balaban J connectivity index is 2.10. The van der Waals surface area contributed by atoms with Crippen LogP contribution >= 0.6 is 0 Å². The number of amides is 1. The number of ether oxygens (including phenoxy) is 1. The molecule has 0 unspecified atom stereocenters. The van der Waals surface area contributed by atoms with Crippen molar-refractivity contribution in [3.05, 3.63) is 0 Å². The van der Waals surface area contributed by atoms with Crippen LogP contribution < -0.4 is 5.32 Å². The van der Waals surface area contributed by atoms with Crippen molar-refractivity contribution in [2.24, 2.45) is 0 Å². The van der Waals surface area contributed by atoms with Crippen LogP contribution in [-0.4, -0.2) is 31.4 Å². The van der Waals surface area contributed by atoms with Gasteiger partial charge in [-0.15, -0.1) is 0 Å². The molecule has 0 saturated carbocycles. The molecule has 1 heterocycles. The minimum Gasteiger partial charge on any atom is -0.363 e. The number of rotatable bonds is 3. The molecule has 0 aromatic carbocycles. The Bertz CT molecular complexity index is 130. The van der Waals surface area contributed by atoms with Gasteiger partial charge < -0.3 is 14.8 Å². The fourth-order valence-corrected chi connectivity index (χ4v) is 0.456. The molecule has 9 heavy (non-hydrogen) atoms. The van der Waals surface area contributed by atoms with E-state index in [4.69, 9.17) is 0 Å². The third kappa shape index (κ3) is 1.81. The molecule has 0 radical (unpaired) electrons. The van der Waals surface area contributed by atoms with Crippen LogP contribution in [0.1, 0.15) is 0 Å². The average Bonchev–Trinajstić information content (AvgIpc) is 2.63. The summed E-state index contributed by atoms with van der Waals surface area (Å²) in [6.07, 6.45) is 0.352. The highest BCUT2D eigenvalue weighted by atomic mass is 16.6. The molecular formula is C5H7NO3. The van der Waals surface area contributed by atoms with Gasteiger partial charge in [0.1, 0.15) is 6.29 Å². The Morgan fingerprint density at radius 1 is 1.89 bits per heavy atom. The molecule has 0 bridgehead atoms. The first-order valence-electron chi connectivity index (χ1n) is 2.67. The molecule has 4 nitrogen and oxygen atoms in total. The molecule has 0 aromatic heterocycles. The summed E-state index contributed by atoms with van der Waals surface area (Å²) in [5.41, 5.74) is 0. The van der Waals surface area contributed by atoms with Crippen LogP contribution in [-0.2, 0) is 14.3 Å². The maximum atomic E-state index is 10.6. The molecule has 1 aliphatic heterocycles. The van der Waals surface area contributed by atoms with E-state index in [9.17, 15) is 9.59 Å². The molecule has 1 saturated heterocycles. The average molecular weight is 129 g/mol. The van der Waals surface area contributed by atoms with Gasteiger partial charge in [-0.05, 0) is 0 Å². The maximum absolute atomic E-state index is 10.6. The van der Waals surface area contributed by atoms with Gasteiger partial charge in [-0.25, -0.2) is 0 Å². The summed E-state index contributed by atoms with van der Waals surface area (Å²) >= 11 is 0. The standard InChI is InChI=1S/C5H7NO3/c7-2-1-6-5(8)4-3-9-4/h2,4H,1,3H2,(H,6,8)/t4-/m1/s1. The lowest BCUT2D eigenvalue weighted by Gasteiger charge is -1.93. The second-order valence-electron chi connectivity index (χ2n) is 1.73. The Morgan fingerprint density at radius 2 is 2.56 bits per heavy atom. The Hall–Kier alpha value is -0.900. The van der Waals surface area contributed by atoms with E-state index in [1.165, 1.54) is 0 Å². The van der Waals surface area contributed by atoms with Gasteiger partial charge >= 0.3 is 0 Å². The highest BCUT2D eigenvalue weighted by Gasteiger charge is 2.30.